The Morgan fingerprint density at radius 2 is 1.40 bits per heavy atom. The third-order valence-corrected chi connectivity index (χ3v) is 6.20. The Kier molecular flexibility index (Phi) is 7.84. The van der Waals surface area contributed by atoms with E-state index in [2.05, 4.69) is 44.8 Å². The monoisotopic (exact) mass is 429 g/mol. The Hall–Kier alpha value is -2.42. The molecule has 1 aliphatic heterocycles. The number of nitrogens with one attached hydrogen (secondary N) is 2. The first kappa shape index (κ1) is 22.3. The number of benzene rings is 2. The molecule has 162 valence electrons. The maximum Gasteiger partial charge on any atom is 0.238 e. The van der Waals surface area contributed by atoms with E-state index in [1.807, 2.05) is 0 Å². The average molecular weight is 430 g/mol. The van der Waals surface area contributed by atoms with Gasteiger partial charge in [-0.1, -0.05) is 42.8 Å². The SMILES string of the molecule is CN=C(NCc1ccc(CN2CCCCC2)cc1)NCc1ccc(S(N)(=O)=O)cc1. The van der Waals surface area contributed by atoms with E-state index in [1.54, 1.807) is 19.2 Å². The molecular formula is C22H31N5O2S. The molecule has 0 atom stereocenters. The summed E-state index contributed by atoms with van der Waals surface area (Å²) in [5.74, 6) is 0.683. The fourth-order valence-corrected chi connectivity index (χ4v) is 4.04. The van der Waals surface area contributed by atoms with Gasteiger partial charge in [0.05, 0.1) is 4.90 Å². The average Bonchev–Trinajstić information content (AvgIpc) is 2.75. The lowest BCUT2D eigenvalue weighted by atomic mass is 10.1. The van der Waals surface area contributed by atoms with Crippen LogP contribution in [0.1, 0.15) is 36.0 Å². The molecule has 7 nitrogen and oxygen atoms in total. The summed E-state index contributed by atoms with van der Waals surface area (Å²) in [5, 5.41) is 11.7. The summed E-state index contributed by atoms with van der Waals surface area (Å²) in [4.78, 5) is 6.88. The van der Waals surface area contributed by atoms with Crippen LogP contribution in [0.15, 0.2) is 58.4 Å². The standard InChI is InChI=1S/C22H31N5O2S/c1-24-22(26-16-19-9-11-21(12-10-19)30(23,28)29)25-15-18-5-7-20(8-6-18)17-27-13-3-2-4-14-27/h5-12H,2-4,13-17H2,1H3,(H2,23,28,29)(H2,24,25,26). The predicted octanol–water partition coefficient (Wildman–Crippen LogP) is 2.19. The third-order valence-electron chi connectivity index (χ3n) is 5.27. The van der Waals surface area contributed by atoms with E-state index in [0.717, 1.165) is 12.1 Å². The van der Waals surface area contributed by atoms with E-state index >= 15 is 0 Å². The minimum Gasteiger partial charge on any atom is -0.352 e. The lowest BCUT2D eigenvalue weighted by Gasteiger charge is -2.26. The number of nitrogens with two attached hydrogens (primary N) is 1. The Morgan fingerprint density at radius 1 is 0.900 bits per heavy atom. The van der Waals surface area contributed by atoms with Gasteiger partial charge in [-0.25, -0.2) is 13.6 Å². The van der Waals surface area contributed by atoms with Gasteiger partial charge < -0.3 is 10.6 Å². The van der Waals surface area contributed by atoms with Crippen molar-refractivity contribution >= 4 is 16.0 Å². The molecule has 0 spiro atoms. The van der Waals surface area contributed by atoms with Crippen molar-refractivity contribution in [3.63, 3.8) is 0 Å². The minimum atomic E-state index is -3.67. The summed E-state index contributed by atoms with van der Waals surface area (Å²) in [5.41, 5.74) is 3.48. The van der Waals surface area contributed by atoms with Crippen LogP contribution < -0.4 is 15.8 Å². The van der Waals surface area contributed by atoms with Gasteiger partial charge in [-0.05, 0) is 54.8 Å². The molecule has 1 aliphatic rings. The van der Waals surface area contributed by atoms with Crippen LogP contribution >= 0.6 is 0 Å². The van der Waals surface area contributed by atoms with Gasteiger partial charge in [-0.15, -0.1) is 0 Å². The zero-order valence-electron chi connectivity index (χ0n) is 17.5. The number of hydrogen-bond acceptors (Lipinski definition) is 4. The van der Waals surface area contributed by atoms with Crippen LogP contribution in [0.25, 0.3) is 0 Å². The molecule has 0 amide bonds. The molecule has 3 rings (SSSR count). The quantitative estimate of drug-likeness (QED) is 0.463. The molecule has 0 radical (unpaired) electrons. The van der Waals surface area contributed by atoms with Gasteiger partial charge in [0.25, 0.3) is 0 Å². The molecule has 2 aromatic carbocycles. The molecule has 1 saturated heterocycles. The van der Waals surface area contributed by atoms with Crippen molar-refractivity contribution in [1.82, 2.24) is 15.5 Å². The summed E-state index contributed by atoms with van der Waals surface area (Å²) in [6, 6.07) is 15.2. The van der Waals surface area contributed by atoms with Gasteiger partial charge in [0.1, 0.15) is 0 Å². The van der Waals surface area contributed by atoms with Gasteiger partial charge in [0.15, 0.2) is 5.96 Å². The van der Waals surface area contributed by atoms with Gasteiger partial charge in [0, 0.05) is 26.7 Å². The number of rotatable bonds is 7. The number of sulfonamides is 1. The number of piperidine rings is 1. The van der Waals surface area contributed by atoms with Crippen molar-refractivity contribution in [3.8, 4) is 0 Å². The Balaban J connectivity index is 1.45. The van der Waals surface area contributed by atoms with Crippen LogP contribution in [-0.4, -0.2) is 39.4 Å². The minimum absolute atomic E-state index is 0.109. The van der Waals surface area contributed by atoms with E-state index in [0.29, 0.717) is 19.0 Å². The van der Waals surface area contributed by atoms with Gasteiger partial charge in [0.2, 0.25) is 10.0 Å². The highest BCUT2D eigenvalue weighted by Crippen LogP contribution is 2.13. The second-order valence-corrected chi connectivity index (χ2v) is 9.18. The molecule has 1 heterocycles. The maximum atomic E-state index is 11.3. The summed E-state index contributed by atoms with van der Waals surface area (Å²) in [7, 11) is -1.94. The van der Waals surface area contributed by atoms with E-state index in [1.165, 1.54) is 55.6 Å². The van der Waals surface area contributed by atoms with Gasteiger partial charge >= 0.3 is 0 Å². The molecule has 4 N–H and O–H groups in total. The molecule has 2 aromatic rings. The molecule has 30 heavy (non-hydrogen) atoms. The van der Waals surface area contributed by atoms with Crippen LogP contribution in [-0.2, 0) is 29.7 Å². The van der Waals surface area contributed by atoms with Crippen LogP contribution in [0.2, 0.25) is 0 Å². The van der Waals surface area contributed by atoms with E-state index in [9.17, 15) is 8.42 Å². The second-order valence-electron chi connectivity index (χ2n) is 7.62. The van der Waals surface area contributed by atoms with E-state index in [-0.39, 0.29) is 4.90 Å². The van der Waals surface area contributed by atoms with E-state index < -0.39 is 10.0 Å². The number of primary sulfonamides is 1. The smallest absolute Gasteiger partial charge is 0.238 e. The first-order chi connectivity index (χ1) is 14.4. The number of aliphatic imine (C=N–C) groups is 1. The number of likely N-dealkylation sites (tertiary alicyclic amines) is 1. The zero-order valence-corrected chi connectivity index (χ0v) is 18.3. The van der Waals surface area contributed by atoms with Crippen LogP contribution in [0.3, 0.4) is 0 Å². The lowest BCUT2D eigenvalue weighted by Crippen LogP contribution is -2.36. The highest BCUT2D eigenvalue weighted by Gasteiger charge is 2.10. The predicted molar refractivity (Wildman–Crippen MR) is 120 cm³/mol. The highest BCUT2D eigenvalue weighted by molar-refractivity contribution is 7.89. The first-order valence-electron chi connectivity index (χ1n) is 10.3. The topological polar surface area (TPSA) is 99.8 Å². The summed E-state index contributed by atoms with van der Waals surface area (Å²) < 4.78 is 22.7. The first-order valence-corrected chi connectivity index (χ1v) is 11.8. The summed E-state index contributed by atoms with van der Waals surface area (Å²) in [6.07, 6.45) is 3.98. The number of nitrogens with zero attached hydrogens (tertiary/aromatic N) is 2. The largest absolute Gasteiger partial charge is 0.352 e. The fourth-order valence-electron chi connectivity index (χ4n) is 3.53. The Bertz CT molecular complexity index is 934. The van der Waals surface area contributed by atoms with Crippen molar-refractivity contribution in [3.05, 3.63) is 65.2 Å². The summed E-state index contributed by atoms with van der Waals surface area (Å²) >= 11 is 0. The number of hydrogen-bond donors (Lipinski definition) is 3. The number of guanidine groups is 1. The van der Waals surface area contributed by atoms with Crippen molar-refractivity contribution in [1.29, 1.82) is 0 Å². The van der Waals surface area contributed by atoms with Gasteiger partial charge in [-0.2, -0.15) is 0 Å². The molecule has 8 heteroatoms. The molecule has 1 fully saturated rings. The zero-order chi connectivity index (χ0) is 21.4. The lowest BCUT2D eigenvalue weighted by molar-refractivity contribution is 0.221. The maximum absolute atomic E-state index is 11.3. The summed E-state index contributed by atoms with van der Waals surface area (Å²) in [6.45, 7) is 4.64. The normalized spacial score (nSPS) is 15.7. The van der Waals surface area contributed by atoms with Crippen LogP contribution in [0, 0.1) is 0 Å². The molecular weight excluding hydrogens is 398 g/mol. The Labute approximate surface area is 179 Å². The molecule has 0 aromatic heterocycles. The molecule has 0 unspecified atom stereocenters. The van der Waals surface area contributed by atoms with E-state index in [4.69, 9.17) is 5.14 Å². The molecule has 0 aliphatic carbocycles. The molecule has 0 saturated carbocycles. The second kappa shape index (κ2) is 10.6. The van der Waals surface area contributed by atoms with Crippen LogP contribution in [0.5, 0.6) is 0 Å². The third kappa shape index (κ3) is 6.83. The van der Waals surface area contributed by atoms with Crippen molar-refractivity contribution in [2.75, 3.05) is 20.1 Å². The van der Waals surface area contributed by atoms with Crippen molar-refractivity contribution < 1.29 is 8.42 Å². The fraction of sp³-hybridized carbons (Fsp3) is 0.409. The van der Waals surface area contributed by atoms with Crippen molar-refractivity contribution in [2.45, 2.75) is 43.8 Å². The van der Waals surface area contributed by atoms with Crippen LogP contribution in [0.4, 0.5) is 0 Å². The highest BCUT2D eigenvalue weighted by atomic mass is 32.2. The van der Waals surface area contributed by atoms with Crippen molar-refractivity contribution in [2.24, 2.45) is 10.1 Å². The van der Waals surface area contributed by atoms with Gasteiger partial charge in [-0.3, -0.25) is 9.89 Å². The molecule has 0 bridgehead atoms. The Morgan fingerprint density at radius 3 is 1.90 bits per heavy atom.